The van der Waals surface area contributed by atoms with Crippen LogP contribution >= 0.6 is 0 Å². The first kappa shape index (κ1) is 23.7. The van der Waals surface area contributed by atoms with E-state index in [9.17, 15) is 18.0 Å². The van der Waals surface area contributed by atoms with Gasteiger partial charge in [0.15, 0.2) is 0 Å². The molecular weight excluding hydrogens is 417 g/mol. The summed E-state index contributed by atoms with van der Waals surface area (Å²) in [6.07, 6.45) is 1.28. The van der Waals surface area contributed by atoms with Crippen molar-refractivity contribution >= 4 is 11.6 Å². The van der Waals surface area contributed by atoms with Crippen LogP contribution in [-0.4, -0.2) is 45.1 Å². The first-order valence-corrected chi connectivity index (χ1v) is 10.4. The van der Waals surface area contributed by atoms with Crippen LogP contribution < -0.4 is 9.64 Å². The number of fused-ring (bicyclic) bond motifs is 1. The van der Waals surface area contributed by atoms with Gasteiger partial charge in [-0.15, -0.1) is 12.3 Å². The van der Waals surface area contributed by atoms with E-state index in [1.165, 1.54) is 11.0 Å². The summed E-state index contributed by atoms with van der Waals surface area (Å²) in [6.45, 7) is 0.786. The number of likely N-dealkylation sites (N-methyl/N-ethyl adjacent to an activating group) is 1. The van der Waals surface area contributed by atoms with E-state index in [0.717, 1.165) is 11.6 Å². The van der Waals surface area contributed by atoms with Gasteiger partial charge in [0.2, 0.25) is 5.91 Å². The van der Waals surface area contributed by atoms with Gasteiger partial charge in [0.25, 0.3) is 0 Å². The molecule has 0 radical (unpaired) electrons. The number of nitrogens with zero attached hydrogens (tertiary/aromatic N) is 2. The molecule has 1 amide bonds. The molecule has 0 spiro atoms. The average molecular weight is 444 g/mol. The SMILES string of the molecule is C#CCC1C(=O)N(CCN(C)C)c2cccc(C(F)(F)F)c2CC1c1ccc(OC)cc1. The quantitative estimate of drug-likeness (QED) is 0.611. The van der Waals surface area contributed by atoms with Crippen molar-refractivity contribution in [2.75, 3.05) is 39.2 Å². The van der Waals surface area contributed by atoms with Crippen molar-refractivity contribution in [2.24, 2.45) is 5.92 Å². The fourth-order valence-corrected chi connectivity index (χ4v) is 4.25. The fraction of sp³-hybridized carbons (Fsp3) is 0.400. The third-order valence-electron chi connectivity index (χ3n) is 5.89. The lowest BCUT2D eigenvalue weighted by molar-refractivity contribution is -0.138. The maximum absolute atomic E-state index is 14.0. The van der Waals surface area contributed by atoms with Crippen molar-refractivity contribution in [3.8, 4) is 18.1 Å². The van der Waals surface area contributed by atoms with Gasteiger partial charge in [0.1, 0.15) is 5.75 Å². The van der Waals surface area contributed by atoms with Gasteiger partial charge in [-0.3, -0.25) is 4.79 Å². The van der Waals surface area contributed by atoms with Crippen LogP contribution in [0.15, 0.2) is 42.5 Å². The molecule has 32 heavy (non-hydrogen) atoms. The molecule has 3 rings (SSSR count). The number of rotatable bonds is 6. The molecule has 7 heteroatoms. The highest BCUT2D eigenvalue weighted by Gasteiger charge is 2.42. The zero-order chi connectivity index (χ0) is 23.5. The number of hydrogen-bond acceptors (Lipinski definition) is 3. The van der Waals surface area contributed by atoms with E-state index in [-0.39, 0.29) is 30.9 Å². The summed E-state index contributed by atoms with van der Waals surface area (Å²) in [4.78, 5) is 17.1. The molecule has 0 aromatic heterocycles. The zero-order valence-electron chi connectivity index (χ0n) is 18.4. The standard InChI is InChI=1S/C25H27F3N2O2/c1-5-7-19-20(17-10-12-18(32-4)13-11-17)16-21-22(25(26,27)28)8-6-9-23(21)30(24(19)31)15-14-29(2)3/h1,6,8-13,19-20H,7,14-16H2,2-4H3. The molecule has 0 fully saturated rings. The van der Waals surface area contributed by atoms with Gasteiger partial charge >= 0.3 is 6.18 Å². The third kappa shape index (κ3) is 4.91. The zero-order valence-corrected chi connectivity index (χ0v) is 18.4. The normalized spacial score (nSPS) is 18.8. The number of halogens is 3. The van der Waals surface area contributed by atoms with Gasteiger partial charge in [0, 0.05) is 31.1 Å². The van der Waals surface area contributed by atoms with Crippen LogP contribution in [-0.2, 0) is 17.4 Å². The van der Waals surface area contributed by atoms with E-state index in [4.69, 9.17) is 11.2 Å². The molecule has 1 heterocycles. The molecule has 1 aliphatic heterocycles. The van der Waals surface area contributed by atoms with Crippen LogP contribution in [0, 0.1) is 18.3 Å². The Morgan fingerprint density at radius 3 is 2.44 bits per heavy atom. The summed E-state index contributed by atoms with van der Waals surface area (Å²) < 4.78 is 47.1. The second-order valence-corrected chi connectivity index (χ2v) is 8.19. The maximum atomic E-state index is 14.0. The van der Waals surface area contributed by atoms with Crippen LogP contribution in [0.25, 0.3) is 0 Å². The Hall–Kier alpha value is -2.98. The minimum absolute atomic E-state index is 0.0634. The first-order chi connectivity index (χ1) is 15.2. The molecule has 1 aliphatic rings. The molecule has 170 valence electrons. The molecule has 2 aromatic carbocycles. The Labute approximate surface area is 187 Å². The summed E-state index contributed by atoms with van der Waals surface area (Å²) in [5, 5.41) is 0. The summed E-state index contributed by atoms with van der Waals surface area (Å²) in [5.74, 6) is 1.83. The van der Waals surface area contributed by atoms with Crippen molar-refractivity contribution in [2.45, 2.75) is 24.9 Å². The minimum Gasteiger partial charge on any atom is -0.497 e. The number of benzene rings is 2. The Morgan fingerprint density at radius 2 is 1.88 bits per heavy atom. The summed E-state index contributed by atoms with van der Waals surface area (Å²) in [7, 11) is 5.25. The average Bonchev–Trinajstić information content (AvgIpc) is 2.86. The minimum atomic E-state index is -4.53. The second-order valence-electron chi connectivity index (χ2n) is 8.19. The molecule has 2 atom stereocenters. The van der Waals surface area contributed by atoms with Crippen LogP contribution in [0.1, 0.15) is 29.0 Å². The highest BCUT2D eigenvalue weighted by atomic mass is 19.4. The third-order valence-corrected chi connectivity index (χ3v) is 5.89. The predicted molar refractivity (Wildman–Crippen MR) is 119 cm³/mol. The highest BCUT2D eigenvalue weighted by Crippen LogP contribution is 2.44. The lowest BCUT2D eigenvalue weighted by Gasteiger charge is -2.29. The van der Waals surface area contributed by atoms with Crippen LogP contribution in [0.3, 0.4) is 0 Å². The Bertz CT molecular complexity index is 994. The van der Waals surface area contributed by atoms with E-state index in [2.05, 4.69) is 5.92 Å². The molecular formula is C25H27F3N2O2. The predicted octanol–water partition coefficient (Wildman–Crippen LogP) is 4.59. The molecule has 4 nitrogen and oxygen atoms in total. The molecule has 2 unspecified atom stereocenters. The van der Waals surface area contributed by atoms with Gasteiger partial charge < -0.3 is 14.5 Å². The second kappa shape index (κ2) is 9.66. The van der Waals surface area contributed by atoms with Crippen LogP contribution in [0.2, 0.25) is 0 Å². The van der Waals surface area contributed by atoms with E-state index < -0.39 is 23.6 Å². The van der Waals surface area contributed by atoms with Crippen molar-refractivity contribution in [1.82, 2.24) is 4.90 Å². The van der Waals surface area contributed by atoms with E-state index in [0.29, 0.717) is 18.0 Å². The number of ether oxygens (including phenoxy) is 1. The molecule has 0 saturated carbocycles. The van der Waals surface area contributed by atoms with Crippen molar-refractivity contribution in [1.29, 1.82) is 0 Å². The number of carbonyl (C=O) groups is 1. The van der Waals surface area contributed by atoms with Gasteiger partial charge in [-0.25, -0.2) is 0 Å². The molecule has 0 saturated heterocycles. The Morgan fingerprint density at radius 1 is 1.19 bits per heavy atom. The number of methoxy groups -OCH3 is 1. The number of terminal acetylenes is 1. The van der Waals surface area contributed by atoms with Gasteiger partial charge in [0.05, 0.1) is 18.6 Å². The van der Waals surface area contributed by atoms with Crippen LogP contribution in [0.5, 0.6) is 5.75 Å². The molecule has 0 bridgehead atoms. The lowest BCUT2D eigenvalue weighted by Crippen LogP contribution is -2.41. The highest BCUT2D eigenvalue weighted by molar-refractivity contribution is 5.97. The van der Waals surface area contributed by atoms with Crippen molar-refractivity contribution < 1.29 is 22.7 Å². The molecule has 2 aromatic rings. The monoisotopic (exact) mass is 444 g/mol. The summed E-state index contributed by atoms with van der Waals surface area (Å²) in [6, 6.07) is 11.1. The maximum Gasteiger partial charge on any atom is 0.416 e. The van der Waals surface area contributed by atoms with Crippen molar-refractivity contribution in [3.63, 3.8) is 0 Å². The largest absolute Gasteiger partial charge is 0.497 e. The number of alkyl halides is 3. The number of carbonyl (C=O) groups excluding carboxylic acids is 1. The van der Waals surface area contributed by atoms with E-state index >= 15 is 0 Å². The topological polar surface area (TPSA) is 32.8 Å². The van der Waals surface area contributed by atoms with E-state index in [1.807, 2.05) is 19.0 Å². The number of hydrogen-bond donors (Lipinski definition) is 0. The first-order valence-electron chi connectivity index (χ1n) is 10.4. The lowest BCUT2D eigenvalue weighted by atomic mass is 9.79. The molecule has 0 N–H and O–H groups in total. The van der Waals surface area contributed by atoms with E-state index in [1.54, 1.807) is 37.4 Å². The Balaban J connectivity index is 2.19. The van der Waals surface area contributed by atoms with Gasteiger partial charge in [-0.2, -0.15) is 13.2 Å². The molecule has 0 aliphatic carbocycles. The van der Waals surface area contributed by atoms with Gasteiger partial charge in [-0.1, -0.05) is 18.2 Å². The summed E-state index contributed by atoms with van der Waals surface area (Å²) in [5.41, 5.74) is 0.492. The number of amides is 1. The Kier molecular flexibility index (Phi) is 7.15. The van der Waals surface area contributed by atoms with Crippen molar-refractivity contribution in [3.05, 3.63) is 59.2 Å². The summed E-state index contributed by atoms with van der Waals surface area (Å²) >= 11 is 0. The number of anilines is 1. The van der Waals surface area contributed by atoms with Crippen LogP contribution in [0.4, 0.5) is 18.9 Å². The fourth-order valence-electron chi connectivity index (χ4n) is 4.25. The smallest absolute Gasteiger partial charge is 0.416 e. The van der Waals surface area contributed by atoms with Gasteiger partial charge in [-0.05, 0) is 55.9 Å².